The molecule has 2 amide bonds. The average Bonchev–Trinajstić information content (AvgIpc) is 3.41. The molecule has 0 radical (unpaired) electrons. The van der Waals surface area contributed by atoms with Crippen molar-refractivity contribution >= 4 is 39.6 Å². The second kappa shape index (κ2) is 8.10. The summed E-state index contributed by atoms with van der Waals surface area (Å²) in [5, 5.41) is 3.55. The fourth-order valence-electron chi connectivity index (χ4n) is 4.20. The van der Waals surface area contributed by atoms with E-state index in [1.54, 1.807) is 30.2 Å². The summed E-state index contributed by atoms with van der Waals surface area (Å²) in [6, 6.07) is 5.22. The molecule has 8 heteroatoms. The maximum atomic E-state index is 12.9. The number of hydrogen-bond acceptors (Lipinski definition) is 6. The van der Waals surface area contributed by atoms with Gasteiger partial charge in [0.15, 0.2) is 5.78 Å². The third-order valence-corrected chi connectivity index (χ3v) is 6.89. The van der Waals surface area contributed by atoms with E-state index in [1.807, 2.05) is 0 Å². The number of fused-ring (bicyclic) bond motifs is 1. The Labute approximate surface area is 179 Å². The molecule has 30 heavy (non-hydrogen) atoms. The van der Waals surface area contributed by atoms with E-state index < -0.39 is 5.92 Å². The molecule has 1 fully saturated rings. The van der Waals surface area contributed by atoms with Crippen LogP contribution in [0.1, 0.15) is 40.6 Å². The molecule has 1 aliphatic heterocycles. The minimum Gasteiger partial charge on any atom is -0.497 e. The monoisotopic (exact) mass is 428 g/mol. The maximum absolute atomic E-state index is 12.9. The smallest absolute Gasteiger partial charge is 0.230 e. The number of methoxy groups -OCH3 is 2. The minimum absolute atomic E-state index is 0.0307. The number of thiophene rings is 1. The topological polar surface area (TPSA) is 84.9 Å². The predicted octanol–water partition coefficient (Wildman–Crippen LogP) is 3.45. The first-order valence-corrected chi connectivity index (χ1v) is 10.7. The lowest BCUT2D eigenvalue weighted by Crippen LogP contribution is -2.28. The molecule has 1 aliphatic carbocycles. The molecule has 1 atom stereocenters. The number of rotatable bonds is 6. The van der Waals surface area contributed by atoms with E-state index in [2.05, 4.69) is 5.32 Å². The van der Waals surface area contributed by atoms with E-state index in [4.69, 9.17) is 9.47 Å². The lowest BCUT2D eigenvalue weighted by Gasteiger charge is -2.20. The first-order valence-electron chi connectivity index (χ1n) is 9.91. The van der Waals surface area contributed by atoms with Gasteiger partial charge in [-0.1, -0.05) is 0 Å². The predicted molar refractivity (Wildman–Crippen MR) is 115 cm³/mol. The van der Waals surface area contributed by atoms with Crippen molar-refractivity contribution in [3.63, 3.8) is 0 Å². The number of nitrogens with one attached hydrogen (secondary N) is 1. The summed E-state index contributed by atoms with van der Waals surface area (Å²) in [5.41, 5.74) is 2.33. The van der Waals surface area contributed by atoms with Gasteiger partial charge in [0.1, 0.15) is 16.5 Å². The Morgan fingerprint density at radius 2 is 2.00 bits per heavy atom. The van der Waals surface area contributed by atoms with Gasteiger partial charge in [0.2, 0.25) is 11.8 Å². The zero-order valence-corrected chi connectivity index (χ0v) is 18.1. The highest BCUT2D eigenvalue weighted by molar-refractivity contribution is 7.17. The van der Waals surface area contributed by atoms with Gasteiger partial charge in [-0.05, 0) is 43.9 Å². The summed E-state index contributed by atoms with van der Waals surface area (Å²) in [7, 11) is 3.09. The Bertz CT molecular complexity index is 1030. The fourth-order valence-corrected chi connectivity index (χ4v) is 5.54. The number of aryl methyl sites for hydroxylation is 1. The number of anilines is 2. The molecule has 1 aromatic heterocycles. The molecule has 0 bridgehead atoms. The number of Topliss-reactive ketones (excluding diaryl/α,β-unsaturated/α-hetero) is 1. The van der Waals surface area contributed by atoms with Crippen molar-refractivity contribution in [2.45, 2.75) is 32.6 Å². The van der Waals surface area contributed by atoms with Crippen molar-refractivity contribution in [2.75, 3.05) is 31.0 Å². The van der Waals surface area contributed by atoms with Crippen molar-refractivity contribution in [3.8, 4) is 11.5 Å². The van der Waals surface area contributed by atoms with Crippen LogP contribution in [0.4, 0.5) is 10.7 Å². The molecule has 0 unspecified atom stereocenters. The van der Waals surface area contributed by atoms with Crippen molar-refractivity contribution in [3.05, 3.63) is 34.2 Å². The fraction of sp³-hybridized carbons (Fsp3) is 0.409. The number of carbonyl (C=O) groups excluding carboxylic acids is 3. The summed E-state index contributed by atoms with van der Waals surface area (Å²) in [5.74, 6) is 0.231. The van der Waals surface area contributed by atoms with E-state index in [0.717, 1.165) is 24.8 Å². The lowest BCUT2D eigenvalue weighted by atomic mass is 10.1. The molecular weight excluding hydrogens is 404 g/mol. The number of ether oxygens (including phenoxy) is 2. The highest BCUT2D eigenvalue weighted by Gasteiger charge is 2.37. The third kappa shape index (κ3) is 3.56. The highest BCUT2D eigenvalue weighted by Crippen LogP contribution is 2.40. The van der Waals surface area contributed by atoms with Crippen LogP contribution in [-0.2, 0) is 22.4 Å². The Hall–Kier alpha value is -2.87. The van der Waals surface area contributed by atoms with E-state index in [0.29, 0.717) is 27.8 Å². The third-order valence-electron chi connectivity index (χ3n) is 5.68. The van der Waals surface area contributed by atoms with Crippen LogP contribution in [0.25, 0.3) is 0 Å². The summed E-state index contributed by atoms with van der Waals surface area (Å²) < 4.78 is 10.6. The quantitative estimate of drug-likeness (QED) is 0.713. The molecule has 1 N–H and O–H groups in total. The van der Waals surface area contributed by atoms with Crippen LogP contribution >= 0.6 is 11.3 Å². The molecule has 2 heterocycles. The van der Waals surface area contributed by atoms with Crippen LogP contribution in [0.5, 0.6) is 11.5 Å². The van der Waals surface area contributed by atoms with Crippen LogP contribution in [0, 0.1) is 5.92 Å². The number of carbonyl (C=O) groups is 3. The molecule has 7 nitrogen and oxygen atoms in total. The van der Waals surface area contributed by atoms with Crippen LogP contribution in [0.3, 0.4) is 0 Å². The second-order valence-electron chi connectivity index (χ2n) is 7.55. The maximum Gasteiger partial charge on any atom is 0.230 e. The van der Waals surface area contributed by atoms with Crippen molar-refractivity contribution in [1.82, 2.24) is 0 Å². The summed E-state index contributed by atoms with van der Waals surface area (Å²) in [4.78, 5) is 40.5. The van der Waals surface area contributed by atoms with Crippen LogP contribution < -0.4 is 19.7 Å². The number of nitrogens with zero attached hydrogens (tertiary/aromatic N) is 1. The van der Waals surface area contributed by atoms with E-state index in [1.165, 1.54) is 30.2 Å². The molecular formula is C22H24N2O5S. The van der Waals surface area contributed by atoms with Gasteiger partial charge in [0, 0.05) is 23.9 Å². The molecule has 0 spiro atoms. The highest BCUT2D eigenvalue weighted by atomic mass is 32.1. The Balaban J connectivity index is 1.53. The van der Waals surface area contributed by atoms with Gasteiger partial charge in [0.05, 0.1) is 31.4 Å². The molecule has 158 valence electrons. The molecule has 1 saturated heterocycles. The molecule has 1 aromatic carbocycles. The lowest BCUT2D eigenvalue weighted by molar-refractivity contribution is -0.122. The number of benzene rings is 1. The molecule has 2 aliphatic rings. The van der Waals surface area contributed by atoms with Gasteiger partial charge in [-0.3, -0.25) is 14.4 Å². The molecule has 0 saturated carbocycles. The van der Waals surface area contributed by atoms with Gasteiger partial charge >= 0.3 is 0 Å². The Kier molecular flexibility index (Phi) is 5.51. The van der Waals surface area contributed by atoms with Gasteiger partial charge in [0.25, 0.3) is 0 Å². The van der Waals surface area contributed by atoms with Crippen molar-refractivity contribution < 1.29 is 23.9 Å². The van der Waals surface area contributed by atoms with Crippen LogP contribution in [-0.4, -0.2) is 38.4 Å². The van der Waals surface area contributed by atoms with Crippen molar-refractivity contribution in [1.29, 1.82) is 0 Å². The normalized spacial score (nSPS) is 17.8. The Morgan fingerprint density at radius 1 is 1.20 bits per heavy atom. The average molecular weight is 429 g/mol. The van der Waals surface area contributed by atoms with E-state index in [9.17, 15) is 14.4 Å². The first kappa shape index (κ1) is 20.4. The SMILES string of the molecule is COc1ccc(N2C[C@@H](C(=O)Nc3sc4c(c3C(C)=O)CCC4)CC2=O)c(OC)c1. The standard InChI is InChI=1S/C22H24N2O5S/c1-12(25)20-15-5-4-6-18(15)30-22(20)23-21(27)13-9-19(26)24(11-13)16-8-7-14(28-2)10-17(16)29-3/h7-8,10,13H,4-6,9,11H2,1-3H3,(H,23,27)/t13-/m0/s1. The van der Waals surface area contributed by atoms with E-state index >= 15 is 0 Å². The number of ketones is 1. The number of amides is 2. The summed E-state index contributed by atoms with van der Waals surface area (Å²) in [6.45, 7) is 1.79. The largest absolute Gasteiger partial charge is 0.497 e. The van der Waals surface area contributed by atoms with Gasteiger partial charge < -0.3 is 19.7 Å². The summed E-state index contributed by atoms with van der Waals surface area (Å²) in [6.07, 6.45) is 2.99. The van der Waals surface area contributed by atoms with E-state index in [-0.39, 0.29) is 30.6 Å². The van der Waals surface area contributed by atoms with Gasteiger partial charge in [-0.25, -0.2) is 0 Å². The summed E-state index contributed by atoms with van der Waals surface area (Å²) >= 11 is 1.49. The van der Waals surface area contributed by atoms with Gasteiger partial charge in [-0.15, -0.1) is 11.3 Å². The van der Waals surface area contributed by atoms with Crippen LogP contribution in [0.15, 0.2) is 18.2 Å². The zero-order chi connectivity index (χ0) is 21.4. The van der Waals surface area contributed by atoms with Gasteiger partial charge in [-0.2, -0.15) is 0 Å². The minimum atomic E-state index is -0.499. The molecule has 4 rings (SSSR count). The second-order valence-corrected chi connectivity index (χ2v) is 8.66. The van der Waals surface area contributed by atoms with Crippen LogP contribution in [0.2, 0.25) is 0 Å². The first-order chi connectivity index (χ1) is 14.4. The zero-order valence-electron chi connectivity index (χ0n) is 17.2. The molecule has 2 aromatic rings. The number of hydrogen-bond donors (Lipinski definition) is 1. The van der Waals surface area contributed by atoms with Crippen molar-refractivity contribution in [2.24, 2.45) is 5.92 Å². The Morgan fingerprint density at radius 3 is 2.70 bits per heavy atom.